The monoisotopic (exact) mass is 488 g/mol. The van der Waals surface area contributed by atoms with Gasteiger partial charge in [-0.15, -0.1) is 0 Å². The van der Waals surface area contributed by atoms with Gasteiger partial charge in [-0.2, -0.15) is 0 Å². The third-order valence-electron chi connectivity index (χ3n) is 5.52. The highest BCUT2D eigenvalue weighted by Gasteiger charge is 2.17. The Morgan fingerprint density at radius 1 is 0.917 bits per heavy atom. The van der Waals surface area contributed by atoms with Gasteiger partial charge in [0.25, 0.3) is 0 Å². The van der Waals surface area contributed by atoms with E-state index in [1.807, 2.05) is 57.2 Å². The van der Waals surface area contributed by atoms with Crippen LogP contribution >= 0.6 is 0 Å². The average Bonchev–Trinajstić information content (AvgIpc) is 2.80. The largest absolute Gasteiger partial charge is 0.507 e. The molecular formula is C32H40O4. The Hall–Kier alpha value is -3.53. The van der Waals surface area contributed by atoms with Crippen LogP contribution in [0.4, 0.5) is 0 Å². The number of benzene rings is 2. The molecule has 4 nitrogen and oxygen atoms in total. The quantitative estimate of drug-likeness (QED) is 0.208. The fourth-order valence-corrected chi connectivity index (χ4v) is 3.49. The number of hydrogen-bond donors (Lipinski definition) is 1. The molecule has 0 amide bonds. The molecule has 0 saturated heterocycles. The number of ether oxygens (including phenoxy) is 2. The number of phenolic OH excluding ortho intramolecular Hbond substituents is 1. The number of rotatable bonds is 10. The van der Waals surface area contributed by atoms with Crippen LogP contribution in [-0.2, 0) is 9.53 Å². The first-order valence-electron chi connectivity index (χ1n) is 12.3. The highest BCUT2D eigenvalue weighted by Crippen LogP contribution is 2.31. The molecule has 0 bridgehead atoms. The van der Waals surface area contributed by atoms with Gasteiger partial charge < -0.3 is 14.6 Å². The second-order valence-electron chi connectivity index (χ2n) is 10.5. The minimum atomic E-state index is -0.566. The summed E-state index contributed by atoms with van der Waals surface area (Å²) in [5.74, 6) is 0.498. The van der Waals surface area contributed by atoms with E-state index >= 15 is 0 Å². The van der Waals surface area contributed by atoms with E-state index in [1.165, 1.54) is 11.6 Å². The highest BCUT2D eigenvalue weighted by atomic mass is 16.6. The predicted octanol–water partition coefficient (Wildman–Crippen LogP) is 8.24. The van der Waals surface area contributed by atoms with Gasteiger partial charge in [-0.05, 0) is 88.9 Å². The number of esters is 1. The van der Waals surface area contributed by atoms with Crippen LogP contribution in [0.5, 0.6) is 11.5 Å². The molecule has 0 aromatic heterocycles. The first-order valence-corrected chi connectivity index (χ1v) is 12.3. The van der Waals surface area contributed by atoms with Gasteiger partial charge in [-0.1, -0.05) is 61.1 Å². The lowest BCUT2D eigenvalue weighted by molar-refractivity contribution is -0.148. The second kappa shape index (κ2) is 13.0. The molecular weight excluding hydrogens is 448 g/mol. The van der Waals surface area contributed by atoms with Crippen molar-refractivity contribution in [1.29, 1.82) is 0 Å². The topological polar surface area (TPSA) is 55.8 Å². The summed E-state index contributed by atoms with van der Waals surface area (Å²) in [6.07, 6.45) is 15.7. The van der Waals surface area contributed by atoms with Gasteiger partial charge in [0.15, 0.2) is 0 Å². The van der Waals surface area contributed by atoms with Crippen LogP contribution in [0, 0.1) is 5.41 Å². The minimum Gasteiger partial charge on any atom is -0.507 e. The Bertz CT molecular complexity index is 1120. The summed E-state index contributed by atoms with van der Waals surface area (Å²) in [5.41, 5.74) is 3.16. The SMILES string of the molecule is COc1ccc(/C=C/[C@@](C)(/C=C/c2ccc(O)c(/C=C/C(=O)OC(C)(C)C)c2)CCC=C(C)C)cc1. The highest BCUT2D eigenvalue weighted by molar-refractivity contribution is 5.88. The first kappa shape index (κ1) is 28.7. The molecule has 1 atom stereocenters. The normalized spacial score (nSPS) is 13.8. The summed E-state index contributed by atoms with van der Waals surface area (Å²) in [7, 11) is 1.66. The van der Waals surface area contributed by atoms with Crippen molar-refractivity contribution in [2.75, 3.05) is 7.11 Å². The number of phenols is 1. The minimum absolute atomic E-state index is 0.109. The summed E-state index contributed by atoms with van der Waals surface area (Å²) in [5, 5.41) is 10.3. The van der Waals surface area contributed by atoms with Crippen molar-refractivity contribution in [1.82, 2.24) is 0 Å². The van der Waals surface area contributed by atoms with Crippen molar-refractivity contribution in [2.24, 2.45) is 5.41 Å². The van der Waals surface area contributed by atoms with Gasteiger partial charge in [-0.25, -0.2) is 4.79 Å². The van der Waals surface area contributed by atoms with Crippen LogP contribution < -0.4 is 4.74 Å². The van der Waals surface area contributed by atoms with E-state index in [0.29, 0.717) is 5.56 Å². The summed E-state index contributed by atoms with van der Waals surface area (Å²) >= 11 is 0. The van der Waals surface area contributed by atoms with E-state index in [4.69, 9.17) is 9.47 Å². The molecule has 0 aliphatic carbocycles. The zero-order valence-corrected chi connectivity index (χ0v) is 22.7. The molecule has 4 heteroatoms. The number of allylic oxidation sites excluding steroid dienone is 4. The number of methoxy groups -OCH3 is 1. The third kappa shape index (κ3) is 10.4. The molecule has 2 aromatic carbocycles. The Kier molecular flexibility index (Phi) is 10.3. The van der Waals surface area contributed by atoms with Crippen LogP contribution in [-0.4, -0.2) is 23.8 Å². The van der Waals surface area contributed by atoms with Gasteiger partial charge >= 0.3 is 5.97 Å². The van der Waals surface area contributed by atoms with E-state index in [2.05, 4.69) is 51.2 Å². The maximum Gasteiger partial charge on any atom is 0.331 e. The summed E-state index contributed by atoms with van der Waals surface area (Å²) in [4.78, 5) is 12.0. The lowest BCUT2D eigenvalue weighted by Gasteiger charge is -2.22. The molecule has 192 valence electrons. The Morgan fingerprint density at radius 2 is 1.53 bits per heavy atom. The van der Waals surface area contributed by atoms with Crippen molar-refractivity contribution in [3.63, 3.8) is 0 Å². The molecule has 0 aliphatic rings. The van der Waals surface area contributed by atoms with Gasteiger partial charge in [-0.3, -0.25) is 0 Å². The first-order chi connectivity index (χ1) is 16.9. The second-order valence-corrected chi connectivity index (χ2v) is 10.5. The fourth-order valence-electron chi connectivity index (χ4n) is 3.49. The maximum absolute atomic E-state index is 12.0. The smallest absolute Gasteiger partial charge is 0.331 e. The van der Waals surface area contributed by atoms with Gasteiger partial charge in [0.05, 0.1) is 7.11 Å². The Labute approximate surface area is 216 Å². The Morgan fingerprint density at radius 3 is 2.11 bits per heavy atom. The van der Waals surface area contributed by atoms with E-state index in [0.717, 1.165) is 29.7 Å². The van der Waals surface area contributed by atoms with E-state index in [-0.39, 0.29) is 11.2 Å². The van der Waals surface area contributed by atoms with Crippen molar-refractivity contribution < 1.29 is 19.4 Å². The standard InChI is InChI=1S/C32H40O4/c1-24(2)9-8-20-32(6,21-18-25-10-14-28(35-7)15-11-25)22-19-26-12-16-29(33)27(23-26)13-17-30(34)36-31(3,4)5/h9-19,21-23,33H,8,20H2,1-7H3/b17-13+,21-18+,22-19+/t32-/m0/s1. The van der Waals surface area contributed by atoms with Crippen molar-refractivity contribution in [2.45, 2.75) is 60.0 Å². The van der Waals surface area contributed by atoms with Crippen LogP contribution in [0.2, 0.25) is 0 Å². The number of carbonyl (C=O) groups excluding carboxylic acids is 1. The van der Waals surface area contributed by atoms with Gasteiger partial charge in [0, 0.05) is 17.1 Å². The summed E-state index contributed by atoms with van der Waals surface area (Å²) in [6.45, 7) is 11.9. The molecule has 36 heavy (non-hydrogen) atoms. The summed E-state index contributed by atoms with van der Waals surface area (Å²) in [6, 6.07) is 13.4. The van der Waals surface area contributed by atoms with E-state index in [1.54, 1.807) is 19.3 Å². The zero-order chi connectivity index (χ0) is 26.8. The van der Waals surface area contributed by atoms with Crippen molar-refractivity contribution in [3.05, 3.63) is 89.0 Å². The molecule has 2 rings (SSSR count). The summed E-state index contributed by atoms with van der Waals surface area (Å²) < 4.78 is 10.6. The van der Waals surface area contributed by atoms with Crippen molar-refractivity contribution >= 4 is 24.2 Å². The molecule has 1 N–H and O–H groups in total. The zero-order valence-electron chi connectivity index (χ0n) is 22.7. The Balaban J connectivity index is 2.27. The van der Waals surface area contributed by atoms with Crippen LogP contribution in [0.3, 0.4) is 0 Å². The number of aromatic hydroxyl groups is 1. The van der Waals surface area contributed by atoms with Crippen LogP contribution in [0.1, 0.15) is 71.1 Å². The maximum atomic E-state index is 12.0. The van der Waals surface area contributed by atoms with E-state index < -0.39 is 11.6 Å². The molecule has 0 saturated carbocycles. The predicted molar refractivity (Wildman–Crippen MR) is 151 cm³/mol. The lowest BCUT2D eigenvalue weighted by atomic mass is 9.83. The molecule has 2 aromatic rings. The van der Waals surface area contributed by atoms with E-state index in [9.17, 15) is 9.90 Å². The molecule has 0 fully saturated rings. The van der Waals surface area contributed by atoms with Gasteiger partial charge in [0.1, 0.15) is 17.1 Å². The molecule has 0 aliphatic heterocycles. The number of carbonyl (C=O) groups is 1. The lowest BCUT2D eigenvalue weighted by Crippen LogP contribution is -2.22. The van der Waals surface area contributed by atoms with Crippen molar-refractivity contribution in [3.8, 4) is 11.5 Å². The number of hydrogen-bond acceptors (Lipinski definition) is 4. The third-order valence-corrected chi connectivity index (χ3v) is 5.52. The molecule has 0 unspecified atom stereocenters. The van der Waals surface area contributed by atoms with Crippen LogP contribution in [0.25, 0.3) is 18.2 Å². The molecule has 0 spiro atoms. The molecule has 0 heterocycles. The average molecular weight is 489 g/mol. The fraction of sp³-hybridized carbons (Fsp3) is 0.344. The van der Waals surface area contributed by atoms with Gasteiger partial charge in [0.2, 0.25) is 0 Å². The molecule has 0 radical (unpaired) electrons. The van der Waals surface area contributed by atoms with Crippen LogP contribution in [0.15, 0.2) is 72.3 Å².